The Labute approximate surface area is 214 Å². The third-order valence-corrected chi connectivity index (χ3v) is 6.74. The van der Waals surface area contributed by atoms with Gasteiger partial charge in [0.1, 0.15) is 18.0 Å². The summed E-state index contributed by atoms with van der Waals surface area (Å²) in [5.74, 6) is -0.586. The number of rotatable bonds is 6. The Bertz CT molecular complexity index is 1590. The van der Waals surface area contributed by atoms with E-state index in [0.717, 1.165) is 26.6 Å². The molecule has 1 aromatic heterocycles. The minimum Gasteiger partial charge on any atom is -0.494 e. The molecule has 6 rings (SSSR count). The van der Waals surface area contributed by atoms with Gasteiger partial charge in [-0.05, 0) is 36.4 Å². The average molecular weight is 543 g/mol. The van der Waals surface area contributed by atoms with E-state index in [2.05, 4.69) is 26.1 Å². The van der Waals surface area contributed by atoms with Crippen molar-refractivity contribution < 1.29 is 19.5 Å². The number of aromatic hydroxyl groups is 1. The number of fused-ring (bicyclic) bond motifs is 3. The summed E-state index contributed by atoms with van der Waals surface area (Å²) in [6.07, 6.45) is 0.418. The molecule has 0 saturated carbocycles. The van der Waals surface area contributed by atoms with E-state index in [1.165, 1.54) is 4.90 Å². The van der Waals surface area contributed by atoms with Crippen LogP contribution in [-0.2, 0) is 4.84 Å². The molecule has 0 bridgehead atoms. The first kappa shape index (κ1) is 22.2. The van der Waals surface area contributed by atoms with Crippen LogP contribution < -0.4 is 0 Å². The summed E-state index contributed by atoms with van der Waals surface area (Å²) < 4.78 is 0.870. The van der Waals surface area contributed by atoms with Crippen LogP contribution in [-0.4, -0.2) is 51.4 Å². The second kappa shape index (κ2) is 8.76. The van der Waals surface area contributed by atoms with Crippen LogP contribution in [0.2, 0.25) is 0 Å². The summed E-state index contributed by atoms with van der Waals surface area (Å²) in [5, 5.41) is 15.9. The highest BCUT2D eigenvalue weighted by Gasteiger charge is 2.34. The molecule has 9 heteroatoms. The number of benzene rings is 3. The Morgan fingerprint density at radius 3 is 2.42 bits per heavy atom. The molecule has 0 atom stereocenters. The summed E-state index contributed by atoms with van der Waals surface area (Å²) in [6, 6.07) is 20.0. The number of aromatic amines is 1. The van der Waals surface area contributed by atoms with Crippen molar-refractivity contribution in [2.75, 3.05) is 13.2 Å². The van der Waals surface area contributed by atoms with Gasteiger partial charge in [0, 0.05) is 33.9 Å². The third kappa shape index (κ3) is 3.59. The zero-order chi connectivity index (χ0) is 24.8. The van der Waals surface area contributed by atoms with Crippen molar-refractivity contribution in [2.45, 2.75) is 6.42 Å². The highest BCUT2D eigenvalue weighted by atomic mass is 79.9. The number of aliphatic imine (C=N–C) groups is 1. The number of aromatic nitrogens is 1. The van der Waals surface area contributed by atoms with Crippen molar-refractivity contribution >= 4 is 55.8 Å². The van der Waals surface area contributed by atoms with Gasteiger partial charge in [-0.15, -0.1) is 0 Å². The van der Waals surface area contributed by atoms with Crippen LogP contribution in [0, 0.1) is 0 Å². The zero-order valence-electron chi connectivity index (χ0n) is 18.9. The molecular weight excluding hydrogens is 524 g/mol. The normalized spacial score (nSPS) is 15.5. The standard InChI is InChI=1S/C27H19BrN4O4/c28-15-10-11-21-19(14-15)22(25(33)30-21)24-23(18-8-3-4-9-20(18)29-24)31-36-13-5-12-32-26(34)16-6-1-2-7-17(16)27(32)35/h1-4,6-11,14,30,33H,5,12-13H2/b31-23+. The van der Waals surface area contributed by atoms with Gasteiger partial charge >= 0.3 is 0 Å². The molecule has 3 aromatic carbocycles. The van der Waals surface area contributed by atoms with E-state index in [9.17, 15) is 14.7 Å². The van der Waals surface area contributed by atoms with E-state index in [1.807, 2.05) is 42.5 Å². The van der Waals surface area contributed by atoms with E-state index in [-0.39, 0.29) is 30.8 Å². The fourth-order valence-electron chi connectivity index (χ4n) is 4.57. The quantitative estimate of drug-likeness (QED) is 0.199. The van der Waals surface area contributed by atoms with E-state index >= 15 is 0 Å². The molecular formula is C27H19BrN4O4. The first-order valence-electron chi connectivity index (χ1n) is 11.4. The van der Waals surface area contributed by atoms with Gasteiger partial charge in [0.25, 0.3) is 11.8 Å². The number of imide groups is 1. The number of amides is 2. The molecule has 0 aliphatic carbocycles. The number of halogens is 1. The molecule has 2 aliphatic heterocycles. The summed E-state index contributed by atoms with van der Waals surface area (Å²) in [4.78, 5) is 39.7. The topological polar surface area (TPSA) is 107 Å². The van der Waals surface area contributed by atoms with Gasteiger partial charge in [-0.3, -0.25) is 14.5 Å². The van der Waals surface area contributed by atoms with E-state index in [1.54, 1.807) is 24.3 Å². The summed E-state index contributed by atoms with van der Waals surface area (Å²) >= 11 is 3.49. The Kier molecular flexibility index (Phi) is 5.41. The van der Waals surface area contributed by atoms with Gasteiger partial charge in [0.05, 0.1) is 22.4 Å². The number of hydrogen-bond acceptors (Lipinski definition) is 6. The fraction of sp³-hybridized carbons (Fsp3) is 0.111. The highest BCUT2D eigenvalue weighted by molar-refractivity contribution is 9.10. The molecule has 0 fully saturated rings. The maximum Gasteiger partial charge on any atom is 0.261 e. The smallest absolute Gasteiger partial charge is 0.261 e. The molecule has 0 spiro atoms. The van der Waals surface area contributed by atoms with Crippen molar-refractivity contribution in [1.82, 2.24) is 9.88 Å². The van der Waals surface area contributed by atoms with Crippen LogP contribution >= 0.6 is 15.9 Å². The van der Waals surface area contributed by atoms with Crippen LogP contribution in [0.4, 0.5) is 5.69 Å². The van der Waals surface area contributed by atoms with Crippen molar-refractivity contribution in [1.29, 1.82) is 0 Å². The summed E-state index contributed by atoms with van der Waals surface area (Å²) in [6.45, 7) is 0.420. The largest absolute Gasteiger partial charge is 0.494 e. The number of nitrogens with one attached hydrogen (secondary N) is 1. The van der Waals surface area contributed by atoms with Crippen LogP contribution in [0.3, 0.4) is 0 Å². The first-order chi connectivity index (χ1) is 17.5. The van der Waals surface area contributed by atoms with Crippen molar-refractivity contribution in [3.8, 4) is 5.88 Å². The molecule has 2 amide bonds. The molecule has 0 saturated heterocycles. The molecule has 36 heavy (non-hydrogen) atoms. The first-order valence-corrected chi connectivity index (χ1v) is 12.2. The zero-order valence-corrected chi connectivity index (χ0v) is 20.4. The van der Waals surface area contributed by atoms with Crippen molar-refractivity contribution in [3.63, 3.8) is 0 Å². The fourth-order valence-corrected chi connectivity index (χ4v) is 4.93. The number of hydrogen-bond donors (Lipinski definition) is 2. The van der Waals surface area contributed by atoms with E-state index < -0.39 is 0 Å². The van der Waals surface area contributed by atoms with Gasteiger partial charge in [-0.25, -0.2) is 4.99 Å². The molecule has 2 aliphatic rings. The van der Waals surface area contributed by atoms with Gasteiger partial charge < -0.3 is 14.9 Å². The number of oxime groups is 1. The van der Waals surface area contributed by atoms with Gasteiger partial charge in [-0.1, -0.05) is 51.4 Å². The number of carbonyl (C=O) groups is 2. The Morgan fingerprint density at radius 2 is 1.67 bits per heavy atom. The number of para-hydroxylation sites is 1. The SMILES string of the molecule is O=C1c2ccccc2C(=O)N1CCCO/N=C1/C(c2c(O)[nH]c3ccc(Br)cc23)=Nc2ccccc21. The van der Waals surface area contributed by atoms with Gasteiger partial charge in [-0.2, -0.15) is 0 Å². The summed E-state index contributed by atoms with van der Waals surface area (Å²) in [7, 11) is 0. The van der Waals surface area contributed by atoms with Crippen LogP contribution in [0.1, 0.15) is 38.3 Å². The van der Waals surface area contributed by atoms with Crippen LogP contribution in [0.15, 0.2) is 81.4 Å². The predicted molar refractivity (Wildman–Crippen MR) is 139 cm³/mol. The third-order valence-electron chi connectivity index (χ3n) is 6.24. The second-order valence-corrected chi connectivity index (χ2v) is 9.37. The predicted octanol–water partition coefficient (Wildman–Crippen LogP) is 5.18. The highest BCUT2D eigenvalue weighted by Crippen LogP contribution is 2.36. The summed E-state index contributed by atoms with van der Waals surface area (Å²) in [5.41, 5.74) is 4.68. The number of carbonyl (C=O) groups excluding carboxylic acids is 2. The molecule has 3 heterocycles. The van der Waals surface area contributed by atoms with Crippen LogP contribution in [0.5, 0.6) is 5.88 Å². The van der Waals surface area contributed by atoms with Crippen molar-refractivity contribution in [3.05, 3.63) is 93.5 Å². The van der Waals surface area contributed by atoms with Gasteiger partial charge in [0.2, 0.25) is 0 Å². The average Bonchev–Trinajstić information content (AvgIpc) is 3.48. The molecule has 0 radical (unpaired) electrons. The maximum absolute atomic E-state index is 12.5. The Hall–Kier alpha value is -4.24. The van der Waals surface area contributed by atoms with E-state index in [0.29, 0.717) is 34.5 Å². The second-order valence-electron chi connectivity index (χ2n) is 8.45. The number of nitrogens with zero attached hydrogens (tertiary/aromatic N) is 3. The van der Waals surface area contributed by atoms with Crippen molar-refractivity contribution in [2.24, 2.45) is 10.1 Å². The Balaban J connectivity index is 1.22. The van der Waals surface area contributed by atoms with Crippen LogP contribution in [0.25, 0.3) is 10.9 Å². The molecule has 4 aromatic rings. The van der Waals surface area contributed by atoms with Gasteiger partial charge in [0.15, 0.2) is 5.88 Å². The molecule has 2 N–H and O–H groups in total. The lowest BCUT2D eigenvalue weighted by molar-refractivity contribution is 0.0628. The minimum absolute atomic E-state index is 0.00650. The molecule has 8 nitrogen and oxygen atoms in total. The number of H-pyrrole nitrogens is 1. The lowest BCUT2D eigenvalue weighted by atomic mass is 10.0. The molecule has 0 unspecified atom stereocenters. The molecule has 178 valence electrons. The lowest BCUT2D eigenvalue weighted by Gasteiger charge is -2.13. The van der Waals surface area contributed by atoms with E-state index in [4.69, 9.17) is 9.83 Å². The Morgan fingerprint density at radius 1 is 0.972 bits per heavy atom. The minimum atomic E-state index is -0.290. The monoisotopic (exact) mass is 542 g/mol. The maximum atomic E-state index is 12.5. The lowest BCUT2D eigenvalue weighted by Crippen LogP contribution is -2.31.